The van der Waals surface area contributed by atoms with Gasteiger partial charge >= 0.3 is 0 Å². The van der Waals surface area contributed by atoms with Crippen LogP contribution in [0.2, 0.25) is 0 Å². The zero-order valence-electron chi connectivity index (χ0n) is 11.6. The number of carbonyl (C=O) groups excluding carboxylic acids is 1. The second kappa shape index (κ2) is 5.53. The van der Waals surface area contributed by atoms with Crippen molar-refractivity contribution >= 4 is 11.6 Å². The van der Waals surface area contributed by atoms with Gasteiger partial charge in [0.15, 0.2) is 0 Å². The summed E-state index contributed by atoms with van der Waals surface area (Å²) < 4.78 is 0. The van der Waals surface area contributed by atoms with E-state index in [1.165, 1.54) is 4.90 Å². The number of hydrogen-bond acceptors (Lipinski definition) is 4. The van der Waals surface area contributed by atoms with Gasteiger partial charge < -0.3 is 4.90 Å². The number of nitrogens with one attached hydrogen (secondary N) is 1. The summed E-state index contributed by atoms with van der Waals surface area (Å²) in [6.45, 7) is 3.92. The van der Waals surface area contributed by atoms with E-state index in [2.05, 4.69) is 21.3 Å². The van der Waals surface area contributed by atoms with Gasteiger partial charge in [-0.3, -0.25) is 9.89 Å². The largest absolute Gasteiger partial charge is 0.307 e. The fourth-order valence-electron chi connectivity index (χ4n) is 1.75. The van der Waals surface area contributed by atoms with Gasteiger partial charge in [-0.05, 0) is 12.1 Å². The minimum Gasteiger partial charge on any atom is -0.307 e. The van der Waals surface area contributed by atoms with E-state index in [1.807, 2.05) is 13.8 Å². The van der Waals surface area contributed by atoms with Gasteiger partial charge in [0, 0.05) is 13.0 Å². The minimum atomic E-state index is -0.351. The van der Waals surface area contributed by atoms with Gasteiger partial charge in [-0.15, -0.1) is 5.10 Å². The van der Waals surface area contributed by atoms with E-state index in [-0.39, 0.29) is 17.6 Å². The lowest BCUT2D eigenvalue weighted by molar-refractivity contribution is 0.0983. The number of aromatic nitrogens is 3. The third kappa shape index (κ3) is 2.52. The highest BCUT2D eigenvalue weighted by molar-refractivity contribution is 6.03. The van der Waals surface area contributed by atoms with Crippen molar-refractivity contribution in [3.8, 4) is 6.07 Å². The van der Waals surface area contributed by atoms with Crippen LogP contribution in [0.5, 0.6) is 0 Å². The van der Waals surface area contributed by atoms with Crippen molar-refractivity contribution in [1.29, 1.82) is 5.26 Å². The number of benzene rings is 1. The molecule has 0 unspecified atom stereocenters. The first-order valence-corrected chi connectivity index (χ1v) is 6.24. The maximum Gasteiger partial charge on any atom is 0.297 e. The predicted molar refractivity (Wildman–Crippen MR) is 74.4 cm³/mol. The fourth-order valence-corrected chi connectivity index (χ4v) is 1.75. The highest BCUT2D eigenvalue weighted by Gasteiger charge is 2.20. The molecule has 0 bridgehead atoms. The molecule has 6 nitrogen and oxygen atoms in total. The number of H-pyrrole nitrogens is 1. The quantitative estimate of drug-likeness (QED) is 0.924. The molecule has 102 valence electrons. The third-order valence-corrected chi connectivity index (χ3v) is 2.93. The summed E-state index contributed by atoms with van der Waals surface area (Å²) in [5, 5.41) is 15.7. The van der Waals surface area contributed by atoms with E-state index in [4.69, 9.17) is 5.26 Å². The molecule has 0 aliphatic heterocycles. The van der Waals surface area contributed by atoms with Gasteiger partial charge in [-0.1, -0.05) is 26.0 Å². The van der Waals surface area contributed by atoms with Crippen molar-refractivity contribution in [2.75, 3.05) is 11.9 Å². The van der Waals surface area contributed by atoms with Crippen molar-refractivity contribution in [3.63, 3.8) is 0 Å². The standard InChI is InChI=1S/C14H15N5O/c1-9(2)12-16-13(18-17-12)14(20)19(3)11-7-5-4-6-10(11)8-15/h4-7,9H,1-3H3,(H,16,17,18). The minimum absolute atomic E-state index is 0.101. The molecule has 20 heavy (non-hydrogen) atoms. The highest BCUT2D eigenvalue weighted by atomic mass is 16.2. The van der Waals surface area contributed by atoms with E-state index in [1.54, 1.807) is 31.3 Å². The summed E-state index contributed by atoms with van der Waals surface area (Å²) in [4.78, 5) is 17.9. The first-order valence-electron chi connectivity index (χ1n) is 6.24. The molecule has 1 heterocycles. The van der Waals surface area contributed by atoms with E-state index in [0.29, 0.717) is 17.1 Å². The Morgan fingerprint density at radius 2 is 2.10 bits per heavy atom. The van der Waals surface area contributed by atoms with Crippen molar-refractivity contribution in [2.45, 2.75) is 19.8 Å². The first kappa shape index (κ1) is 13.7. The Morgan fingerprint density at radius 3 is 2.70 bits per heavy atom. The second-order valence-electron chi connectivity index (χ2n) is 4.69. The lowest BCUT2D eigenvalue weighted by atomic mass is 10.2. The summed E-state index contributed by atoms with van der Waals surface area (Å²) in [7, 11) is 1.60. The lowest BCUT2D eigenvalue weighted by Gasteiger charge is -2.16. The molecule has 0 saturated heterocycles. The molecule has 0 radical (unpaired) electrons. The Morgan fingerprint density at radius 1 is 1.40 bits per heavy atom. The molecule has 0 aliphatic rings. The van der Waals surface area contributed by atoms with Crippen molar-refractivity contribution in [1.82, 2.24) is 15.2 Å². The van der Waals surface area contributed by atoms with Crippen LogP contribution < -0.4 is 4.90 Å². The van der Waals surface area contributed by atoms with Crippen molar-refractivity contribution in [2.24, 2.45) is 0 Å². The summed E-state index contributed by atoms with van der Waals surface area (Å²) in [5.74, 6) is 0.580. The van der Waals surface area contributed by atoms with E-state index >= 15 is 0 Å². The zero-order chi connectivity index (χ0) is 14.7. The van der Waals surface area contributed by atoms with Gasteiger partial charge in [0.25, 0.3) is 5.91 Å². The molecule has 1 aromatic heterocycles. The maximum absolute atomic E-state index is 12.3. The summed E-state index contributed by atoms with van der Waals surface area (Å²) >= 11 is 0. The smallest absolute Gasteiger partial charge is 0.297 e. The Hall–Kier alpha value is -2.68. The van der Waals surface area contributed by atoms with Crippen LogP contribution in [0.25, 0.3) is 0 Å². The van der Waals surface area contributed by atoms with Crippen LogP contribution >= 0.6 is 0 Å². The zero-order valence-corrected chi connectivity index (χ0v) is 11.6. The number of para-hydroxylation sites is 1. The van der Waals surface area contributed by atoms with Gasteiger partial charge in [0.2, 0.25) is 5.82 Å². The molecule has 1 N–H and O–H groups in total. The van der Waals surface area contributed by atoms with Gasteiger partial charge in [-0.2, -0.15) is 5.26 Å². The SMILES string of the molecule is CC(C)c1nc(C(=O)N(C)c2ccccc2C#N)n[nH]1. The van der Waals surface area contributed by atoms with Crippen LogP contribution in [-0.4, -0.2) is 28.1 Å². The maximum atomic E-state index is 12.3. The number of carbonyl (C=O) groups is 1. The average Bonchev–Trinajstić information content (AvgIpc) is 2.95. The van der Waals surface area contributed by atoms with Gasteiger partial charge in [0.05, 0.1) is 11.3 Å². The molecule has 0 spiro atoms. The van der Waals surface area contributed by atoms with Crippen LogP contribution in [0, 0.1) is 11.3 Å². The van der Waals surface area contributed by atoms with E-state index in [0.717, 1.165) is 0 Å². The molecule has 6 heteroatoms. The molecule has 1 aromatic carbocycles. The molecular formula is C14H15N5O. The highest BCUT2D eigenvalue weighted by Crippen LogP contribution is 2.19. The second-order valence-corrected chi connectivity index (χ2v) is 4.69. The van der Waals surface area contributed by atoms with Crippen LogP contribution in [0.3, 0.4) is 0 Å². The van der Waals surface area contributed by atoms with E-state index in [9.17, 15) is 4.79 Å². The predicted octanol–water partition coefficient (Wildman–Crippen LogP) is 2.08. The summed E-state index contributed by atoms with van der Waals surface area (Å²) in [6.07, 6.45) is 0. The normalized spacial score (nSPS) is 10.3. The van der Waals surface area contributed by atoms with Crippen LogP contribution in [-0.2, 0) is 0 Å². The monoisotopic (exact) mass is 269 g/mol. The first-order chi connectivity index (χ1) is 9.54. The topological polar surface area (TPSA) is 85.7 Å². The molecule has 0 saturated carbocycles. The van der Waals surface area contributed by atoms with Crippen molar-refractivity contribution in [3.05, 3.63) is 41.5 Å². The Balaban J connectivity index is 2.30. The molecule has 0 fully saturated rings. The van der Waals surface area contributed by atoms with Crippen LogP contribution in [0.1, 0.15) is 41.8 Å². The van der Waals surface area contributed by atoms with Gasteiger partial charge in [0.1, 0.15) is 11.9 Å². The summed E-state index contributed by atoms with van der Waals surface area (Å²) in [5.41, 5.74) is 0.971. The molecule has 2 aromatic rings. The number of hydrogen-bond donors (Lipinski definition) is 1. The average molecular weight is 269 g/mol. The number of nitrogens with zero attached hydrogens (tertiary/aromatic N) is 4. The molecule has 2 rings (SSSR count). The number of rotatable bonds is 3. The molecular weight excluding hydrogens is 254 g/mol. The van der Waals surface area contributed by atoms with Crippen molar-refractivity contribution < 1.29 is 4.79 Å². The molecule has 1 amide bonds. The molecule has 0 aliphatic carbocycles. The molecule has 0 atom stereocenters. The van der Waals surface area contributed by atoms with Crippen LogP contribution in [0.4, 0.5) is 5.69 Å². The number of anilines is 1. The Bertz CT molecular complexity index is 668. The van der Waals surface area contributed by atoms with Gasteiger partial charge in [-0.25, -0.2) is 4.98 Å². The lowest BCUT2D eigenvalue weighted by Crippen LogP contribution is -2.28. The van der Waals surface area contributed by atoms with Crippen LogP contribution in [0.15, 0.2) is 24.3 Å². The number of amides is 1. The fraction of sp³-hybridized carbons (Fsp3) is 0.286. The Labute approximate surface area is 117 Å². The van der Waals surface area contributed by atoms with E-state index < -0.39 is 0 Å². The number of aromatic amines is 1. The number of nitriles is 1. The third-order valence-electron chi connectivity index (χ3n) is 2.93. The Kier molecular flexibility index (Phi) is 3.80. The summed E-state index contributed by atoms with van der Waals surface area (Å²) in [6, 6.07) is 8.97.